The summed E-state index contributed by atoms with van der Waals surface area (Å²) in [7, 11) is 0. The van der Waals surface area contributed by atoms with Crippen LogP contribution in [0.2, 0.25) is 0 Å². The smallest absolute Gasteiger partial charge is 0.184 e. The lowest BCUT2D eigenvalue weighted by Crippen LogP contribution is -2.63. The average Bonchev–Trinajstić information content (AvgIpc) is 2.42. The minimum absolute atomic E-state index is 0.187. The van der Waals surface area contributed by atoms with Gasteiger partial charge in [-0.3, -0.25) is 0 Å². The van der Waals surface area contributed by atoms with E-state index in [1.54, 1.807) is 0 Å². The number of rotatable bonds is 3. The van der Waals surface area contributed by atoms with Crippen molar-refractivity contribution < 1.29 is 24.8 Å². The van der Waals surface area contributed by atoms with E-state index in [0.717, 1.165) is 0 Å². The second-order valence-electron chi connectivity index (χ2n) is 6.19. The fraction of sp³-hybridized carbons (Fsp3) is 1.00. The number of hydrogen-bond acceptors (Lipinski definition) is 8. The van der Waals surface area contributed by atoms with Gasteiger partial charge in [-0.1, -0.05) is 0 Å². The standard InChI is InChI=1S/C13H27N3O5/c1-5(14)9-3-2-8(17)13(20-9)21-12-7(16)4-6(15)10(18)11(12)19/h5-13,17-19H,2-4,14-16H2,1H3/t5-,6-,7+,8-,9?,10+,11-,12-,13-/m1/s1. The molecule has 1 heterocycles. The van der Waals surface area contributed by atoms with Gasteiger partial charge in [0.1, 0.15) is 18.3 Å². The lowest BCUT2D eigenvalue weighted by atomic mass is 9.84. The lowest BCUT2D eigenvalue weighted by Gasteiger charge is -2.43. The molecule has 124 valence electrons. The monoisotopic (exact) mass is 305 g/mol. The summed E-state index contributed by atoms with van der Waals surface area (Å²) in [5.41, 5.74) is 17.5. The van der Waals surface area contributed by atoms with Crippen LogP contribution in [0.25, 0.3) is 0 Å². The molecule has 1 unspecified atom stereocenters. The van der Waals surface area contributed by atoms with Crippen molar-refractivity contribution in [3.05, 3.63) is 0 Å². The van der Waals surface area contributed by atoms with E-state index in [0.29, 0.717) is 19.3 Å². The molecule has 1 saturated carbocycles. The summed E-state index contributed by atoms with van der Waals surface area (Å²) in [6, 6.07) is -1.32. The molecule has 9 atom stereocenters. The Morgan fingerprint density at radius 1 is 1.10 bits per heavy atom. The van der Waals surface area contributed by atoms with Crippen molar-refractivity contribution in [1.29, 1.82) is 0 Å². The topological polar surface area (TPSA) is 157 Å². The molecular weight excluding hydrogens is 278 g/mol. The molecule has 21 heavy (non-hydrogen) atoms. The van der Waals surface area contributed by atoms with Crippen LogP contribution in [0.15, 0.2) is 0 Å². The molecule has 8 nitrogen and oxygen atoms in total. The van der Waals surface area contributed by atoms with Gasteiger partial charge >= 0.3 is 0 Å². The van der Waals surface area contributed by atoms with E-state index in [9.17, 15) is 15.3 Å². The molecule has 0 radical (unpaired) electrons. The lowest BCUT2D eigenvalue weighted by molar-refractivity contribution is -0.281. The van der Waals surface area contributed by atoms with E-state index < -0.39 is 42.8 Å². The second-order valence-corrected chi connectivity index (χ2v) is 6.19. The summed E-state index contributed by atoms with van der Waals surface area (Å²) in [6.07, 6.45) is -3.65. The maximum absolute atomic E-state index is 10.1. The van der Waals surface area contributed by atoms with Gasteiger partial charge in [-0.2, -0.15) is 0 Å². The van der Waals surface area contributed by atoms with Crippen molar-refractivity contribution >= 4 is 0 Å². The molecule has 0 aromatic rings. The minimum atomic E-state index is -1.21. The minimum Gasteiger partial charge on any atom is -0.389 e. The van der Waals surface area contributed by atoms with Crippen molar-refractivity contribution in [3.8, 4) is 0 Å². The first-order valence-corrected chi connectivity index (χ1v) is 7.43. The number of ether oxygens (including phenoxy) is 2. The van der Waals surface area contributed by atoms with Crippen LogP contribution in [0.4, 0.5) is 0 Å². The highest BCUT2D eigenvalue weighted by Crippen LogP contribution is 2.27. The van der Waals surface area contributed by atoms with Gasteiger partial charge in [-0.25, -0.2) is 0 Å². The van der Waals surface area contributed by atoms with Crippen molar-refractivity contribution in [2.75, 3.05) is 0 Å². The Hall–Kier alpha value is -0.320. The molecule has 0 aromatic carbocycles. The largest absolute Gasteiger partial charge is 0.389 e. The molecule has 2 fully saturated rings. The van der Waals surface area contributed by atoms with Crippen LogP contribution < -0.4 is 17.2 Å². The van der Waals surface area contributed by atoms with Crippen LogP contribution in [0.5, 0.6) is 0 Å². The van der Waals surface area contributed by atoms with Gasteiger partial charge < -0.3 is 42.0 Å². The molecule has 2 rings (SSSR count). The molecule has 1 aliphatic heterocycles. The van der Waals surface area contributed by atoms with Gasteiger partial charge in [0.25, 0.3) is 0 Å². The third kappa shape index (κ3) is 3.72. The Labute approximate surface area is 124 Å². The van der Waals surface area contributed by atoms with Crippen LogP contribution in [-0.4, -0.2) is 70.3 Å². The zero-order chi connectivity index (χ0) is 15.7. The predicted octanol–water partition coefficient (Wildman–Crippen LogP) is -2.64. The summed E-state index contributed by atoms with van der Waals surface area (Å²) in [5.74, 6) is 0. The van der Waals surface area contributed by atoms with Crippen LogP contribution in [0.3, 0.4) is 0 Å². The van der Waals surface area contributed by atoms with Crippen LogP contribution >= 0.6 is 0 Å². The van der Waals surface area contributed by atoms with Gasteiger partial charge in [-0.05, 0) is 26.2 Å². The third-order valence-corrected chi connectivity index (χ3v) is 4.34. The van der Waals surface area contributed by atoms with E-state index in [-0.39, 0.29) is 12.1 Å². The zero-order valence-electron chi connectivity index (χ0n) is 12.2. The summed E-state index contributed by atoms with van der Waals surface area (Å²) < 4.78 is 11.3. The van der Waals surface area contributed by atoms with Crippen LogP contribution in [-0.2, 0) is 9.47 Å². The molecule has 0 bridgehead atoms. The SMILES string of the molecule is C[C@@H](N)C1CC[C@@H](O)[C@@H](O[C@H]2[C@H](O)[C@@H](O)[C@H](N)C[C@@H]2N)O1. The molecule has 0 spiro atoms. The molecule has 1 aliphatic carbocycles. The van der Waals surface area contributed by atoms with Gasteiger partial charge in [0, 0.05) is 18.1 Å². The van der Waals surface area contributed by atoms with Crippen molar-refractivity contribution in [3.63, 3.8) is 0 Å². The first kappa shape index (κ1) is 17.0. The second kappa shape index (κ2) is 6.84. The molecule has 0 amide bonds. The van der Waals surface area contributed by atoms with Crippen LogP contribution in [0.1, 0.15) is 26.2 Å². The average molecular weight is 305 g/mol. The summed E-state index contributed by atoms with van der Waals surface area (Å²) in [4.78, 5) is 0. The summed E-state index contributed by atoms with van der Waals surface area (Å²) in [6.45, 7) is 1.82. The van der Waals surface area contributed by atoms with Gasteiger partial charge in [-0.15, -0.1) is 0 Å². The first-order valence-electron chi connectivity index (χ1n) is 7.43. The maximum Gasteiger partial charge on any atom is 0.184 e. The Morgan fingerprint density at radius 2 is 1.76 bits per heavy atom. The van der Waals surface area contributed by atoms with Gasteiger partial charge in [0.05, 0.1) is 12.2 Å². The van der Waals surface area contributed by atoms with E-state index in [1.807, 2.05) is 6.92 Å². The highest BCUT2D eigenvalue weighted by Gasteiger charge is 2.44. The van der Waals surface area contributed by atoms with Crippen molar-refractivity contribution in [2.24, 2.45) is 17.2 Å². The van der Waals surface area contributed by atoms with E-state index in [4.69, 9.17) is 26.7 Å². The highest BCUT2D eigenvalue weighted by atomic mass is 16.7. The van der Waals surface area contributed by atoms with E-state index in [2.05, 4.69) is 0 Å². The number of hydrogen-bond donors (Lipinski definition) is 6. The Kier molecular flexibility index (Phi) is 5.55. The van der Waals surface area contributed by atoms with E-state index >= 15 is 0 Å². The predicted molar refractivity (Wildman–Crippen MR) is 75.0 cm³/mol. The molecule has 8 heteroatoms. The summed E-state index contributed by atoms with van der Waals surface area (Å²) >= 11 is 0. The number of nitrogens with two attached hydrogens (primary N) is 3. The van der Waals surface area contributed by atoms with Crippen LogP contribution in [0, 0.1) is 0 Å². The third-order valence-electron chi connectivity index (χ3n) is 4.34. The molecule has 0 aromatic heterocycles. The normalized spacial score (nSPS) is 49.9. The fourth-order valence-corrected chi connectivity index (χ4v) is 2.94. The number of aliphatic hydroxyl groups is 3. The zero-order valence-corrected chi connectivity index (χ0v) is 12.2. The van der Waals surface area contributed by atoms with Gasteiger partial charge in [0.2, 0.25) is 0 Å². The molecule has 9 N–H and O–H groups in total. The Morgan fingerprint density at radius 3 is 2.38 bits per heavy atom. The molecular formula is C13H27N3O5. The summed E-state index contributed by atoms with van der Waals surface area (Å²) in [5, 5.41) is 29.9. The van der Waals surface area contributed by atoms with Crippen molar-refractivity contribution in [2.45, 2.75) is 81.1 Å². The van der Waals surface area contributed by atoms with Gasteiger partial charge in [0.15, 0.2) is 6.29 Å². The molecule has 1 saturated heterocycles. The Balaban J connectivity index is 2.01. The maximum atomic E-state index is 10.1. The molecule has 2 aliphatic rings. The van der Waals surface area contributed by atoms with Crippen molar-refractivity contribution in [1.82, 2.24) is 0 Å². The first-order chi connectivity index (χ1) is 9.81. The number of aliphatic hydroxyl groups excluding tert-OH is 3. The Bertz CT molecular complexity index is 346. The highest BCUT2D eigenvalue weighted by molar-refractivity contribution is 4.98. The fourth-order valence-electron chi connectivity index (χ4n) is 2.94. The quantitative estimate of drug-likeness (QED) is 0.330. The van der Waals surface area contributed by atoms with E-state index in [1.165, 1.54) is 0 Å².